The quantitative estimate of drug-likeness (QED) is 0.761. The zero-order valence-electron chi connectivity index (χ0n) is 10.1. The second kappa shape index (κ2) is 5.77. The van der Waals surface area contributed by atoms with Gasteiger partial charge in [-0.3, -0.25) is 4.79 Å². The van der Waals surface area contributed by atoms with E-state index in [1.54, 1.807) is 11.0 Å². The standard InChI is InChI=1S/C11H19N5O/c1-9(16-8-12-7-15-16)11(17)14-6-4-10-3-2-5-13-10/h7-10,13H,2-6H2,1H3,(H,14,17)/t9?,10-/m1/s1. The molecule has 2 atom stereocenters. The Morgan fingerprint density at radius 1 is 1.71 bits per heavy atom. The number of carbonyl (C=O) groups excluding carboxylic acids is 1. The van der Waals surface area contributed by atoms with Gasteiger partial charge in [-0.1, -0.05) is 0 Å². The highest BCUT2D eigenvalue weighted by Crippen LogP contribution is 2.08. The van der Waals surface area contributed by atoms with Gasteiger partial charge in [-0.25, -0.2) is 9.67 Å². The van der Waals surface area contributed by atoms with Crippen LogP contribution >= 0.6 is 0 Å². The van der Waals surface area contributed by atoms with Gasteiger partial charge in [-0.15, -0.1) is 0 Å². The van der Waals surface area contributed by atoms with Crippen LogP contribution in [0, 0.1) is 0 Å². The molecule has 2 N–H and O–H groups in total. The molecule has 94 valence electrons. The van der Waals surface area contributed by atoms with Crippen molar-refractivity contribution in [3.63, 3.8) is 0 Å². The van der Waals surface area contributed by atoms with Crippen molar-refractivity contribution in [2.24, 2.45) is 0 Å². The van der Waals surface area contributed by atoms with Gasteiger partial charge in [0.1, 0.15) is 18.7 Å². The van der Waals surface area contributed by atoms with Crippen LogP contribution in [0.2, 0.25) is 0 Å². The molecular weight excluding hydrogens is 218 g/mol. The third-order valence-electron chi connectivity index (χ3n) is 3.17. The first-order valence-electron chi connectivity index (χ1n) is 6.12. The molecule has 17 heavy (non-hydrogen) atoms. The second-order valence-electron chi connectivity index (χ2n) is 4.42. The van der Waals surface area contributed by atoms with Crippen molar-refractivity contribution in [1.82, 2.24) is 25.4 Å². The molecule has 1 unspecified atom stereocenters. The summed E-state index contributed by atoms with van der Waals surface area (Å²) in [5, 5.41) is 10.3. The third kappa shape index (κ3) is 3.26. The molecule has 0 spiro atoms. The molecule has 1 aromatic rings. The number of nitrogens with zero attached hydrogens (tertiary/aromatic N) is 3. The lowest BCUT2D eigenvalue weighted by Gasteiger charge is -2.14. The van der Waals surface area contributed by atoms with Crippen molar-refractivity contribution >= 4 is 5.91 Å². The maximum atomic E-state index is 11.8. The van der Waals surface area contributed by atoms with Crippen LogP contribution in [0.4, 0.5) is 0 Å². The SMILES string of the molecule is CC(C(=O)NCC[C@H]1CCCN1)n1cncn1. The molecule has 0 saturated carbocycles. The van der Waals surface area contributed by atoms with Crippen LogP contribution in [0.1, 0.15) is 32.2 Å². The Kier molecular flexibility index (Phi) is 4.08. The Morgan fingerprint density at radius 3 is 3.24 bits per heavy atom. The minimum absolute atomic E-state index is 0.00602. The van der Waals surface area contributed by atoms with Crippen LogP contribution in [0.25, 0.3) is 0 Å². The van der Waals surface area contributed by atoms with E-state index in [4.69, 9.17) is 0 Å². The zero-order valence-corrected chi connectivity index (χ0v) is 10.1. The lowest BCUT2D eigenvalue weighted by atomic mass is 10.1. The zero-order chi connectivity index (χ0) is 12.1. The van der Waals surface area contributed by atoms with Crippen LogP contribution in [0.3, 0.4) is 0 Å². The fourth-order valence-corrected chi connectivity index (χ4v) is 2.06. The smallest absolute Gasteiger partial charge is 0.244 e. The first-order valence-corrected chi connectivity index (χ1v) is 6.12. The number of hydrogen-bond acceptors (Lipinski definition) is 4. The fourth-order valence-electron chi connectivity index (χ4n) is 2.06. The van der Waals surface area contributed by atoms with Crippen molar-refractivity contribution in [1.29, 1.82) is 0 Å². The molecular formula is C11H19N5O. The van der Waals surface area contributed by atoms with Crippen LogP contribution in [0.5, 0.6) is 0 Å². The Hall–Kier alpha value is -1.43. The van der Waals surface area contributed by atoms with E-state index in [0.717, 1.165) is 19.5 Å². The highest BCUT2D eigenvalue weighted by atomic mass is 16.2. The highest BCUT2D eigenvalue weighted by molar-refractivity contribution is 5.79. The van der Waals surface area contributed by atoms with E-state index in [-0.39, 0.29) is 11.9 Å². The van der Waals surface area contributed by atoms with Gasteiger partial charge in [0.25, 0.3) is 0 Å². The molecule has 1 aromatic heterocycles. The largest absolute Gasteiger partial charge is 0.354 e. The van der Waals surface area contributed by atoms with Crippen LogP contribution in [-0.2, 0) is 4.79 Å². The average Bonchev–Trinajstić information content (AvgIpc) is 3.00. The number of amides is 1. The lowest BCUT2D eigenvalue weighted by Crippen LogP contribution is -2.34. The van der Waals surface area contributed by atoms with Gasteiger partial charge in [-0.2, -0.15) is 5.10 Å². The lowest BCUT2D eigenvalue weighted by molar-refractivity contribution is -0.124. The topological polar surface area (TPSA) is 71.8 Å². The van der Waals surface area contributed by atoms with Gasteiger partial charge in [0, 0.05) is 12.6 Å². The summed E-state index contributed by atoms with van der Waals surface area (Å²) in [6.45, 7) is 3.64. The molecule has 1 saturated heterocycles. The minimum atomic E-state index is -0.297. The molecule has 1 aliphatic heterocycles. The maximum absolute atomic E-state index is 11.8. The summed E-state index contributed by atoms with van der Waals surface area (Å²) in [4.78, 5) is 15.6. The normalized spacial score (nSPS) is 21.4. The van der Waals surface area contributed by atoms with Crippen molar-refractivity contribution in [3.05, 3.63) is 12.7 Å². The highest BCUT2D eigenvalue weighted by Gasteiger charge is 2.17. The summed E-state index contributed by atoms with van der Waals surface area (Å²) in [6.07, 6.45) is 6.45. The van der Waals surface area contributed by atoms with Gasteiger partial charge in [-0.05, 0) is 32.7 Å². The molecule has 6 nitrogen and oxygen atoms in total. The van der Waals surface area contributed by atoms with Gasteiger partial charge in [0.15, 0.2) is 0 Å². The van der Waals surface area contributed by atoms with Crippen LogP contribution < -0.4 is 10.6 Å². The maximum Gasteiger partial charge on any atom is 0.244 e. The molecule has 0 radical (unpaired) electrons. The van der Waals surface area contributed by atoms with Crippen molar-refractivity contribution in [2.75, 3.05) is 13.1 Å². The first kappa shape index (κ1) is 12.0. The summed E-state index contributed by atoms with van der Waals surface area (Å²) >= 11 is 0. The van der Waals surface area contributed by atoms with Gasteiger partial charge < -0.3 is 10.6 Å². The Labute approximate surface area is 101 Å². The minimum Gasteiger partial charge on any atom is -0.354 e. The van der Waals surface area contributed by atoms with E-state index < -0.39 is 0 Å². The molecule has 1 aliphatic rings. The summed E-state index contributed by atoms with van der Waals surface area (Å²) < 4.78 is 1.56. The van der Waals surface area contributed by atoms with Crippen molar-refractivity contribution in [3.8, 4) is 0 Å². The van der Waals surface area contributed by atoms with E-state index >= 15 is 0 Å². The van der Waals surface area contributed by atoms with E-state index in [0.29, 0.717) is 6.04 Å². The van der Waals surface area contributed by atoms with Crippen LogP contribution in [-0.4, -0.2) is 39.8 Å². The van der Waals surface area contributed by atoms with Gasteiger partial charge in [0.2, 0.25) is 5.91 Å². The molecule has 0 aliphatic carbocycles. The summed E-state index contributed by atoms with van der Waals surface area (Å²) in [5.74, 6) is -0.00602. The molecule has 1 amide bonds. The molecule has 0 aromatic carbocycles. The Balaban J connectivity index is 1.69. The number of rotatable bonds is 5. The Morgan fingerprint density at radius 2 is 2.59 bits per heavy atom. The summed E-state index contributed by atoms with van der Waals surface area (Å²) in [7, 11) is 0. The fraction of sp³-hybridized carbons (Fsp3) is 0.727. The molecule has 1 fully saturated rings. The molecule has 6 heteroatoms. The van der Waals surface area contributed by atoms with E-state index in [2.05, 4.69) is 20.7 Å². The summed E-state index contributed by atoms with van der Waals surface area (Å²) in [6, 6.07) is 0.269. The third-order valence-corrected chi connectivity index (χ3v) is 3.17. The summed E-state index contributed by atoms with van der Waals surface area (Å²) in [5.41, 5.74) is 0. The predicted molar refractivity (Wildman–Crippen MR) is 63.4 cm³/mol. The molecule has 2 heterocycles. The first-order chi connectivity index (χ1) is 8.27. The van der Waals surface area contributed by atoms with Crippen molar-refractivity contribution in [2.45, 2.75) is 38.3 Å². The van der Waals surface area contributed by atoms with E-state index in [1.165, 1.54) is 19.2 Å². The molecule has 2 rings (SSSR count). The average molecular weight is 237 g/mol. The van der Waals surface area contributed by atoms with E-state index in [1.807, 2.05) is 6.92 Å². The van der Waals surface area contributed by atoms with E-state index in [9.17, 15) is 4.79 Å². The number of aromatic nitrogens is 3. The van der Waals surface area contributed by atoms with Gasteiger partial charge in [0.05, 0.1) is 0 Å². The van der Waals surface area contributed by atoms with Crippen molar-refractivity contribution < 1.29 is 4.79 Å². The number of carbonyl (C=O) groups is 1. The Bertz CT molecular complexity index is 345. The second-order valence-corrected chi connectivity index (χ2v) is 4.42. The number of nitrogens with one attached hydrogen (secondary N) is 2. The number of hydrogen-bond donors (Lipinski definition) is 2. The molecule has 0 bridgehead atoms. The van der Waals surface area contributed by atoms with Gasteiger partial charge >= 0.3 is 0 Å². The van der Waals surface area contributed by atoms with Crippen LogP contribution in [0.15, 0.2) is 12.7 Å². The predicted octanol–water partition coefficient (Wildman–Crippen LogP) is 0.0974. The monoisotopic (exact) mass is 237 g/mol.